The number of oxime groups is 1. The van der Waals surface area contributed by atoms with Gasteiger partial charge in [-0.05, 0) is 35.9 Å². The van der Waals surface area contributed by atoms with Crippen LogP contribution in [0.1, 0.15) is 27.9 Å². The van der Waals surface area contributed by atoms with Crippen molar-refractivity contribution in [2.75, 3.05) is 6.54 Å². The maximum absolute atomic E-state index is 14.3. The van der Waals surface area contributed by atoms with E-state index in [4.69, 9.17) is 16.4 Å². The normalized spacial score (nSPS) is 15.3. The van der Waals surface area contributed by atoms with Crippen LogP contribution >= 0.6 is 11.6 Å². The molecule has 1 aliphatic rings. The maximum Gasteiger partial charge on any atom is 0.257 e. The number of benzene rings is 3. The van der Waals surface area contributed by atoms with Crippen LogP contribution in [0.15, 0.2) is 78.0 Å². The van der Waals surface area contributed by atoms with Gasteiger partial charge < -0.3 is 9.74 Å². The van der Waals surface area contributed by atoms with E-state index in [1.54, 1.807) is 30.3 Å². The van der Waals surface area contributed by atoms with E-state index in [1.807, 2.05) is 12.1 Å². The van der Waals surface area contributed by atoms with Crippen molar-refractivity contribution in [3.8, 4) is 0 Å². The van der Waals surface area contributed by atoms with Gasteiger partial charge in [-0.3, -0.25) is 4.79 Å². The Hall–Kier alpha value is -3.25. The fraction of sp³-hybridized carbons (Fsp3) is 0.167. The molecule has 0 unspecified atom stereocenters. The summed E-state index contributed by atoms with van der Waals surface area (Å²) in [5.74, 6) is -1.43. The lowest BCUT2D eigenvalue weighted by Crippen LogP contribution is -2.37. The number of hydrogen-bond acceptors (Lipinski definition) is 3. The van der Waals surface area contributed by atoms with E-state index in [2.05, 4.69) is 5.16 Å². The van der Waals surface area contributed by atoms with Crippen molar-refractivity contribution >= 4 is 23.2 Å². The fourth-order valence-corrected chi connectivity index (χ4v) is 3.66. The summed E-state index contributed by atoms with van der Waals surface area (Å²) in [6, 6.07) is 19.1. The molecule has 0 spiro atoms. The summed E-state index contributed by atoms with van der Waals surface area (Å²) >= 11 is 6.28. The van der Waals surface area contributed by atoms with Crippen molar-refractivity contribution in [2.45, 2.75) is 19.1 Å². The van der Waals surface area contributed by atoms with E-state index >= 15 is 0 Å². The number of carbonyl (C=O) groups excluding carboxylic acids is 1. The van der Waals surface area contributed by atoms with Gasteiger partial charge in [-0.1, -0.05) is 59.2 Å². The van der Waals surface area contributed by atoms with Crippen LogP contribution in [0.2, 0.25) is 5.02 Å². The average molecular weight is 441 g/mol. The van der Waals surface area contributed by atoms with Gasteiger partial charge in [0.2, 0.25) is 0 Å². The van der Waals surface area contributed by atoms with Gasteiger partial charge in [0, 0.05) is 23.6 Å². The first-order valence-electron chi connectivity index (χ1n) is 9.77. The van der Waals surface area contributed by atoms with Crippen molar-refractivity contribution < 1.29 is 18.4 Å². The van der Waals surface area contributed by atoms with Gasteiger partial charge in [-0.25, -0.2) is 8.78 Å². The van der Waals surface area contributed by atoms with E-state index < -0.39 is 17.8 Å². The Morgan fingerprint density at radius 3 is 2.61 bits per heavy atom. The summed E-state index contributed by atoms with van der Waals surface area (Å²) in [5, 5.41) is 4.58. The molecule has 0 fully saturated rings. The Morgan fingerprint density at radius 1 is 1.06 bits per heavy atom. The molecule has 3 aromatic carbocycles. The Labute approximate surface area is 183 Å². The largest absolute Gasteiger partial charge is 0.390 e. The van der Waals surface area contributed by atoms with E-state index in [0.717, 1.165) is 5.56 Å². The van der Waals surface area contributed by atoms with Crippen LogP contribution in [0.3, 0.4) is 0 Å². The minimum Gasteiger partial charge on any atom is -0.390 e. The Balaban J connectivity index is 1.54. The molecular weight excluding hydrogens is 422 g/mol. The molecular formula is C24H19ClF2N2O2. The molecule has 1 atom stereocenters. The molecule has 158 valence electrons. The van der Waals surface area contributed by atoms with Crippen molar-refractivity contribution in [3.05, 3.63) is 106 Å². The molecule has 4 nitrogen and oxygen atoms in total. The summed E-state index contributed by atoms with van der Waals surface area (Å²) in [4.78, 5) is 20.2. The third kappa shape index (κ3) is 4.91. The number of hydrogen-bond donors (Lipinski definition) is 0. The minimum atomic E-state index is -0.597. The first-order chi connectivity index (χ1) is 15.0. The number of rotatable bonds is 6. The van der Waals surface area contributed by atoms with Gasteiger partial charge >= 0.3 is 0 Å². The first kappa shape index (κ1) is 21.0. The zero-order chi connectivity index (χ0) is 21.8. The third-order valence-corrected chi connectivity index (χ3v) is 5.39. The van der Waals surface area contributed by atoms with Gasteiger partial charge in [0.15, 0.2) is 6.10 Å². The standard InChI is InChI=1S/C24H19ClF2N2O2/c25-21-10-3-1-6-17(21)14-29(24(30)20-9-2-4-11-22(20)27)15-19-13-23(28-31-19)16-7-5-8-18(26)12-16/h1-12,19H,13-15H2/t19-/m1/s1. The van der Waals surface area contributed by atoms with Crippen molar-refractivity contribution in [2.24, 2.45) is 5.16 Å². The van der Waals surface area contributed by atoms with Crippen LogP contribution in [0.25, 0.3) is 0 Å². The molecule has 1 heterocycles. The lowest BCUT2D eigenvalue weighted by atomic mass is 10.0. The van der Waals surface area contributed by atoms with Crippen molar-refractivity contribution in [3.63, 3.8) is 0 Å². The molecule has 0 aromatic heterocycles. The van der Waals surface area contributed by atoms with Gasteiger partial charge in [0.05, 0.1) is 17.8 Å². The molecule has 7 heteroatoms. The highest BCUT2D eigenvalue weighted by Crippen LogP contribution is 2.23. The van der Waals surface area contributed by atoms with Crippen LogP contribution in [0, 0.1) is 11.6 Å². The van der Waals surface area contributed by atoms with Crippen LogP contribution in [0.5, 0.6) is 0 Å². The zero-order valence-corrected chi connectivity index (χ0v) is 17.2. The second-order valence-corrected chi connectivity index (χ2v) is 7.64. The molecule has 1 amide bonds. The fourth-order valence-electron chi connectivity index (χ4n) is 3.47. The molecule has 31 heavy (non-hydrogen) atoms. The highest BCUT2D eigenvalue weighted by atomic mass is 35.5. The summed E-state index contributed by atoms with van der Waals surface area (Å²) in [6.07, 6.45) is -0.0518. The summed E-state index contributed by atoms with van der Waals surface area (Å²) in [5.41, 5.74) is 1.93. The van der Waals surface area contributed by atoms with Gasteiger partial charge in [0.1, 0.15) is 11.6 Å². The topological polar surface area (TPSA) is 41.9 Å². The summed E-state index contributed by atoms with van der Waals surface area (Å²) in [7, 11) is 0. The predicted octanol–water partition coefficient (Wildman–Crippen LogP) is 5.45. The SMILES string of the molecule is O=C(c1ccccc1F)N(Cc1ccccc1Cl)C[C@H]1CC(c2cccc(F)c2)=NO1. The Kier molecular flexibility index (Phi) is 6.28. The highest BCUT2D eigenvalue weighted by molar-refractivity contribution is 6.31. The van der Waals surface area contributed by atoms with E-state index in [9.17, 15) is 13.6 Å². The van der Waals surface area contributed by atoms with Crippen LogP contribution in [-0.2, 0) is 11.4 Å². The average Bonchev–Trinajstić information content (AvgIpc) is 3.23. The summed E-state index contributed by atoms with van der Waals surface area (Å²) < 4.78 is 27.8. The second kappa shape index (κ2) is 9.27. The quantitative estimate of drug-likeness (QED) is 0.511. The Morgan fingerprint density at radius 2 is 1.84 bits per heavy atom. The maximum atomic E-state index is 14.3. The smallest absolute Gasteiger partial charge is 0.257 e. The number of amides is 1. The van der Waals surface area contributed by atoms with Crippen LogP contribution < -0.4 is 0 Å². The zero-order valence-electron chi connectivity index (χ0n) is 16.5. The van der Waals surface area contributed by atoms with E-state index in [-0.39, 0.29) is 24.5 Å². The van der Waals surface area contributed by atoms with E-state index in [0.29, 0.717) is 22.7 Å². The second-order valence-electron chi connectivity index (χ2n) is 7.24. The summed E-state index contributed by atoms with van der Waals surface area (Å²) in [6.45, 7) is 0.350. The first-order valence-corrected chi connectivity index (χ1v) is 10.1. The molecule has 0 aliphatic carbocycles. The molecule has 0 radical (unpaired) electrons. The molecule has 0 bridgehead atoms. The van der Waals surface area contributed by atoms with Crippen molar-refractivity contribution in [1.29, 1.82) is 0 Å². The van der Waals surface area contributed by atoms with Crippen LogP contribution in [0.4, 0.5) is 8.78 Å². The van der Waals surface area contributed by atoms with Crippen molar-refractivity contribution in [1.82, 2.24) is 4.90 Å². The monoisotopic (exact) mass is 440 g/mol. The lowest BCUT2D eigenvalue weighted by Gasteiger charge is -2.25. The Bertz CT molecular complexity index is 1140. The lowest BCUT2D eigenvalue weighted by molar-refractivity contribution is 0.0402. The molecule has 1 aliphatic heterocycles. The predicted molar refractivity (Wildman–Crippen MR) is 115 cm³/mol. The minimum absolute atomic E-state index is 0.0289. The van der Waals surface area contributed by atoms with Crippen LogP contribution in [-0.4, -0.2) is 29.2 Å². The van der Waals surface area contributed by atoms with Gasteiger partial charge in [-0.15, -0.1) is 0 Å². The third-order valence-electron chi connectivity index (χ3n) is 5.03. The number of halogens is 3. The number of carbonyl (C=O) groups is 1. The molecule has 0 saturated heterocycles. The van der Waals surface area contributed by atoms with Gasteiger partial charge in [-0.2, -0.15) is 0 Å². The highest BCUT2D eigenvalue weighted by Gasteiger charge is 2.28. The molecule has 0 saturated carbocycles. The molecule has 4 rings (SSSR count). The molecule has 0 N–H and O–H groups in total. The number of nitrogens with zero attached hydrogens (tertiary/aromatic N) is 2. The van der Waals surface area contributed by atoms with Gasteiger partial charge in [0.25, 0.3) is 5.91 Å². The van der Waals surface area contributed by atoms with E-state index in [1.165, 1.54) is 35.2 Å². The molecule has 3 aromatic rings.